The molecule has 18 heavy (non-hydrogen) atoms. The van der Waals surface area contributed by atoms with Crippen molar-refractivity contribution in [3.8, 4) is 0 Å². The fourth-order valence-electron chi connectivity index (χ4n) is 1.55. The van der Waals surface area contributed by atoms with Crippen molar-refractivity contribution in [3.63, 3.8) is 0 Å². The number of aryl methyl sites for hydroxylation is 1. The zero-order valence-electron chi connectivity index (χ0n) is 9.59. The van der Waals surface area contributed by atoms with Crippen LogP contribution in [0.15, 0.2) is 22.2 Å². The number of imidazole rings is 1. The molecule has 8 heteroatoms. The molecule has 0 aliphatic carbocycles. The molecule has 0 aliphatic heterocycles. The highest BCUT2D eigenvalue weighted by Gasteiger charge is 2.19. The average molecular weight is 331 g/mol. The van der Waals surface area contributed by atoms with Gasteiger partial charge in [-0.1, -0.05) is 0 Å². The lowest BCUT2D eigenvalue weighted by molar-refractivity contribution is -0.388. The Morgan fingerprint density at radius 2 is 2.39 bits per heavy atom. The Kier molecular flexibility index (Phi) is 3.97. The maximum Gasteiger partial charge on any atom is 0.406 e. The number of hydrogen-bond acceptors (Lipinski definition) is 5. The quantitative estimate of drug-likeness (QED) is 0.675. The number of nitrogens with one attached hydrogen (secondary N) is 1. The second-order valence-corrected chi connectivity index (χ2v) is 6.21. The summed E-state index contributed by atoms with van der Waals surface area (Å²) >= 11 is 5.06. The third kappa shape index (κ3) is 2.88. The smallest absolute Gasteiger partial charge is 0.364 e. The minimum Gasteiger partial charge on any atom is -0.364 e. The van der Waals surface area contributed by atoms with Crippen molar-refractivity contribution < 1.29 is 4.92 Å². The summed E-state index contributed by atoms with van der Waals surface area (Å²) in [6.07, 6.45) is 2.25. The first-order valence-corrected chi connectivity index (χ1v) is 6.82. The van der Waals surface area contributed by atoms with Gasteiger partial charge in [-0.3, -0.25) is 4.57 Å². The van der Waals surface area contributed by atoms with Gasteiger partial charge in [0.15, 0.2) is 0 Å². The Bertz CT molecular complexity index is 566. The van der Waals surface area contributed by atoms with Gasteiger partial charge >= 0.3 is 5.82 Å². The number of halogens is 1. The van der Waals surface area contributed by atoms with E-state index in [0.717, 1.165) is 10.2 Å². The van der Waals surface area contributed by atoms with Crippen LogP contribution in [0.2, 0.25) is 0 Å². The number of thiophene rings is 1. The molecular weight excluding hydrogens is 320 g/mol. The fourth-order valence-corrected chi connectivity index (χ4v) is 3.03. The highest BCUT2D eigenvalue weighted by atomic mass is 79.9. The lowest BCUT2D eigenvalue weighted by Crippen LogP contribution is -2.08. The molecule has 0 amide bonds. The van der Waals surface area contributed by atoms with Crippen LogP contribution in [0, 0.1) is 10.1 Å². The van der Waals surface area contributed by atoms with Gasteiger partial charge in [-0.2, -0.15) is 0 Å². The first-order valence-electron chi connectivity index (χ1n) is 5.21. The molecule has 0 saturated carbocycles. The van der Waals surface area contributed by atoms with Crippen molar-refractivity contribution in [2.24, 2.45) is 7.05 Å². The second-order valence-electron chi connectivity index (χ2n) is 3.67. The van der Waals surface area contributed by atoms with Gasteiger partial charge in [0.25, 0.3) is 0 Å². The molecule has 6 nitrogen and oxygen atoms in total. The SMILES string of the molecule is Cn1cnc([N+](=O)[O-])c1NCCc1ccc(Br)s1. The Hall–Kier alpha value is -1.41. The predicted molar refractivity (Wildman–Crippen MR) is 74.1 cm³/mol. The van der Waals surface area contributed by atoms with Gasteiger partial charge in [-0.05, 0) is 44.4 Å². The van der Waals surface area contributed by atoms with Gasteiger partial charge in [-0.25, -0.2) is 0 Å². The molecule has 0 bridgehead atoms. The van der Waals surface area contributed by atoms with Crippen molar-refractivity contribution in [1.82, 2.24) is 9.55 Å². The number of aromatic nitrogens is 2. The van der Waals surface area contributed by atoms with Gasteiger partial charge in [0, 0.05) is 18.5 Å². The third-order valence-corrected chi connectivity index (χ3v) is 4.07. The number of hydrogen-bond donors (Lipinski definition) is 1. The molecule has 0 aromatic carbocycles. The molecule has 0 saturated heterocycles. The summed E-state index contributed by atoms with van der Waals surface area (Å²) in [6, 6.07) is 4.03. The lowest BCUT2D eigenvalue weighted by Gasteiger charge is -2.04. The number of nitro groups is 1. The monoisotopic (exact) mass is 330 g/mol. The number of anilines is 1. The van der Waals surface area contributed by atoms with Crippen LogP contribution in [0.25, 0.3) is 0 Å². The minimum atomic E-state index is -0.482. The first-order chi connectivity index (χ1) is 8.58. The standard InChI is InChI=1S/C10H11BrN4O2S/c1-14-6-13-10(15(16)17)9(14)12-5-4-7-2-3-8(11)18-7/h2-3,6,12H,4-5H2,1H3. The Morgan fingerprint density at radius 1 is 1.61 bits per heavy atom. The van der Waals surface area contributed by atoms with E-state index >= 15 is 0 Å². The van der Waals surface area contributed by atoms with E-state index in [9.17, 15) is 10.1 Å². The van der Waals surface area contributed by atoms with Crippen molar-refractivity contribution in [2.75, 3.05) is 11.9 Å². The highest BCUT2D eigenvalue weighted by molar-refractivity contribution is 9.11. The number of nitrogens with zero attached hydrogens (tertiary/aromatic N) is 3. The van der Waals surface area contributed by atoms with E-state index in [1.807, 2.05) is 12.1 Å². The van der Waals surface area contributed by atoms with Gasteiger partial charge in [0.2, 0.25) is 12.1 Å². The van der Waals surface area contributed by atoms with E-state index in [1.165, 1.54) is 11.2 Å². The van der Waals surface area contributed by atoms with Crippen LogP contribution in [0.4, 0.5) is 11.6 Å². The third-order valence-electron chi connectivity index (χ3n) is 2.38. The van der Waals surface area contributed by atoms with E-state index in [0.29, 0.717) is 12.4 Å². The van der Waals surface area contributed by atoms with E-state index in [2.05, 4.69) is 26.2 Å². The van der Waals surface area contributed by atoms with Crippen LogP contribution < -0.4 is 5.32 Å². The number of rotatable bonds is 5. The molecule has 0 aliphatic rings. The summed E-state index contributed by atoms with van der Waals surface area (Å²) in [7, 11) is 1.73. The largest absolute Gasteiger partial charge is 0.406 e. The Balaban J connectivity index is 1.98. The molecule has 0 radical (unpaired) electrons. The van der Waals surface area contributed by atoms with Gasteiger partial charge in [0.1, 0.15) is 0 Å². The van der Waals surface area contributed by atoms with Gasteiger partial charge < -0.3 is 15.4 Å². The minimum absolute atomic E-state index is 0.134. The predicted octanol–water partition coefficient (Wildman–Crippen LogP) is 2.81. The highest BCUT2D eigenvalue weighted by Crippen LogP contribution is 2.24. The topological polar surface area (TPSA) is 73.0 Å². The molecule has 0 spiro atoms. The normalized spacial score (nSPS) is 10.6. The summed E-state index contributed by atoms with van der Waals surface area (Å²) in [5, 5.41) is 13.8. The molecule has 0 unspecified atom stereocenters. The van der Waals surface area contributed by atoms with Gasteiger partial charge in [-0.15, -0.1) is 11.3 Å². The van der Waals surface area contributed by atoms with Crippen molar-refractivity contribution >= 4 is 38.9 Å². The Morgan fingerprint density at radius 3 is 3.00 bits per heavy atom. The molecular formula is C10H11BrN4O2S. The molecule has 96 valence electrons. The molecule has 0 fully saturated rings. The van der Waals surface area contributed by atoms with Crippen molar-refractivity contribution in [3.05, 3.63) is 37.2 Å². The summed E-state index contributed by atoms with van der Waals surface area (Å²) < 4.78 is 2.70. The maximum atomic E-state index is 10.8. The molecule has 0 atom stereocenters. The Labute approximate surface area is 116 Å². The summed E-state index contributed by atoms with van der Waals surface area (Å²) in [5.74, 6) is 0.306. The van der Waals surface area contributed by atoms with Crippen LogP contribution in [-0.2, 0) is 13.5 Å². The summed E-state index contributed by atoms with van der Waals surface area (Å²) in [5.41, 5.74) is 0. The maximum absolute atomic E-state index is 10.8. The van der Waals surface area contributed by atoms with Crippen LogP contribution in [0.3, 0.4) is 0 Å². The molecule has 2 aromatic heterocycles. The van der Waals surface area contributed by atoms with E-state index in [1.54, 1.807) is 23.0 Å². The summed E-state index contributed by atoms with van der Waals surface area (Å²) in [4.78, 5) is 15.2. The molecule has 1 N–H and O–H groups in total. The van der Waals surface area contributed by atoms with Gasteiger partial charge in [0.05, 0.1) is 3.79 Å². The fraction of sp³-hybridized carbons (Fsp3) is 0.300. The van der Waals surface area contributed by atoms with Crippen LogP contribution >= 0.6 is 27.3 Å². The van der Waals surface area contributed by atoms with Crippen molar-refractivity contribution in [1.29, 1.82) is 0 Å². The van der Waals surface area contributed by atoms with Crippen molar-refractivity contribution in [2.45, 2.75) is 6.42 Å². The zero-order chi connectivity index (χ0) is 13.1. The molecule has 2 rings (SSSR count). The van der Waals surface area contributed by atoms with E-state index < -0.39 is 4.92 Å². The van der Waals surface area contributed by atoms with Crippen LogP contribution in [-0.4, -0.2) is 21.0 Å². The summed E-state index contributed by atoms with van der Waals surface area (Å²) in [6.45, 7) is 0.632. The first kappa shape index (κ1) is 13.0. The van der Waals surface area contributed by atoms with E-state index in [4.69, 9.17) is 0 Å². The zero-order valence-corrected chi connectivity index (χ0v) is 12.0. The lowest BCUT2D eigenvalue weighted by atomic mass is 10.3. The van der Waals surface area contributed by atoms with E-state index in [-0.39, 0.29) is 5.82 Å². The van der Waals surface area contributed by atoms with Crippen LogP contribution in [0.1, 0.15) is 4.88 Å². The second kappa shape index (κ2) is 5.49. The molecule has 2 heterocycles. The average Bonchev–Trinajstić information content (AvgIpc) is 2.87. The van der Waals surface area contributed by atoms with Crippen LogP contribution in [0.5, 0.6) is 0 Å². The molecule has 2 aromatic rings.